The first-order valence-corrected chi connectivity index (χ1v) is 5.15. The maximum absolute atomic E-state index is 13.6. The summed E-state index contributed by atoms with van der Waals surface area (Å²) >= 11 is 3.01. The molecule has 0 spiro atoms. The van der Waals surface area contributed by atoms with Crippen LogP contribution in [0.15, 0.2) is 22.7 Å². The van der Waals surface area contributed by atoms with Crippen molar-refractivity contribution in [2.24, 2.45) is 11.7 Å². The smallest absolute Gasteiger partial charge is 0.143 e. The van der Waals surface area contributed by atoms with E-state index < -0.39 is 12.0 Å². The summed E-state index contributed by atoms with van der Waals surface area (Å²) < 4.78 is 27.3. The van der Waals surface area contributed by atoms with E-state index in [1.807, 2.05) is 0 Å². The van der Waals surface area contributed by atoms with Crippen LogP contribution in [0.1, 0.15) is 18.7 Å². The van der Waals surface area contributed by atoms with Gasteiger partial charge >= 0.3 is 0 Å². The van der Waals surface area contributed by atoms with Crippen LogP contribution in [0.4, 0.5) is 8.78 Å². The number of halogens is 3. The molecular formula is C10H12BrF2N. The molecule has 0 amide bonds. The zero-order chi connectivity index (χ0) is 10.7. The molecule has 0 saturated carbocycles. The summed E-state index contributed by atoms with van der Waals surface area (Å²) in [5, 5.41) is 0. The topological polar surface area (TPSA) is 26.0 Å². The van der Waals surface area contributed by atoms with Crippen molar-refractivity contribution in [3.8, 4) is 0 Å². The summed E-state index contributed by atoms with van der Waals surface area (Å²) in [7, 11) is 0. The molecule has 0 aliphatic rings. The Balaban J connectivity index is 3.01. The molecule has 1 nitrogen and oxygen atoms in total. The predicted molar refractivity (Wildman–Crippen MR) is 56.2 cm³/mol. The Kier molecular flexibility index (Phi) is 4.01. The monoisotopic (exact) mass is 263 g/mol. The average Bonchev–Trinajstić information content (AvgIpc) is 2.20. The number of alkyl halides is 1. The molecule has 78 valence electrons. The van der Waals surface area contributed by atoms with Crippen molar-refractivity contribution in [2.75, 3.05) is 6.54 Å². The van der Waals surface area contributed by atoms with E-state index in [-0.39, 0.29) is 22.5 Å². The highest BCUT2D eigenvalue weighted by Gasteiger charge is 2.21. The van der Waals surface area contributed by atoms with Crippen LogP contribution in [0, 0.1) is 11.7 Å². The number of nitrogens with two attached hydrogens (primary N) is 1. The van der Waals surface area contributed by atoms with Crippen molar-refractivity contribution in [2.45, 2.75) is 13.1 Å². The van der Waals surface area contributed by atoms with Gasteiger partial charge in [0.2, 0.25) is 0 Å². The molecule has 1 aromatic rings. The molecule has 0 aromatic heterocycles. The highest BCUT2D eigenvalue weighted by Crippen LogP contribution is 2.30. The van der Waals surface area contributed by atoms with Crippen molar-refractivity contribution < 1.29 is 8.78 Å². The molecule has 1 aromatic carbocycles. The van der Waals surface area contributed by atoms with Gasteiger partial charge in [0.15, 0.2) is 0 Å². The first-order chi connectivity index (χ1) is 6.57. The first-order valence-electron chi connectivity index (χ1n) is 4.36. The second-order valence-electron chi connectivity index (χ2n) is 3.26. The third-order valence-electron chi connectivity index (χ3n) is 2.15. The van der Waals surface area contributed by atoms with Gasteiger partial charge in [-0.05, 0) is 28.5 Å². The lowest BCUT2D eigenvalue weighted by molar-refractivity contribution is 0.244. The molecule has 4 heteroatoms. The van der Waals surface area contributed by atoms with Gasteiger partial charge in [-0.25, -0.2) is 8.78 Å². The Morgan fingerprint density at radius 2 is 2.14 bits per heavy atom. The van der Waals surface area contributed by atoms with E-state index in [1.165, 1.54) is 6.07 Å². The Labute approximate surface area is 90.4 Å². The molecule has 0 aliphatic heterocycles. The minimum Gasteiger partial charge on any atom is -0.330 e. The second kappa shape index (κ2) is 4.84. The molecule has 1 rings (SSSR count). The quantitative estimate of drug-likeness (QED) is 0.891. The van der Waals surface area contributed by atoms with Crippen LogP contribution in [0.25, 0.3) is 0 Å². The molecule has 0 heterocycles. The second-order valence-corrected chi connectivity index (χ2v) is 4.11. The van der Waals surface area contributed by atoms with Crippen LogP contribution in [-0.2, 0) is 0 Å². The molecule has 2 atom stereocenters. The molecule has 0 radical (unpaired) electrons. The van der Waals surface area contributed by atoms with E-state index in [2.05, 4.69) is 15.9 Å². The summed E-state index contributed by atoms with van der Waals surface area (Å²) in [6.45, 7) is 1.86. The Morgan fingerprint density at radius 1 is 1.50 bits per heavy atom. The van der Waals surface area contributed by atoms with Crippen LogP contribution in [-0.4, -0.2) is 6.54 Å². The third kappa shape index (κ3) is 2.30. The van der Waals surface area contributed by atoms with Crippen molar-refractivity contribution >= 4 is 15.9 Å². The minimum atomic E-state index is -1.35. The van der Waals surface area contributed by atoms with E-state index in [1.54, 1.807) is 19.1 Å². The van der Waals surface area contributed by atoms with Crippen molar-refractivity contribution in [1.29, 1.82) is 0 Å². The molecule has 2 N–H and O–H groups in total. The molecule has 0 aliphatic carbocycles. The number of hydrogen-bond acceptors (Lipinski definition) is 1. The lowest BCUT2D eigenvalue weighted by Gasteiger charge is -2.15. The Hall–Kier alpha value is -0.480. The maximum atomic E-state index is 13.6. The molecule has 0 bridgehead atoms. The Bertz CT molecular complexity index is 317. The largest absolute Gasteiger partial charge is 0.330 e. The number of benzene rings is 1. The fourth-order valence-corrected chi connectivity index (χ4v) is 1.54. The highest BCUT2D eigenvalue weighted by molar-refractivity contribution is 9.10. The lowest BCUT2D eigenvalue weighted by atomic mass is 9.98. The van der Waals surface area contributed by atoms with Gasteiger partial charge in [0, 0.05) is 11.5 Å². The van der Waals surface area contributed by atoms with Crippen LogP contribution in [0.2, 0.25) is 0 Å². The highest BCUT2D eigenvalue weighted by atomic mass is 79.9. The number of rotatable bonds is 3. The zero-order valence-electron chi connectivity index (χ0n) is 7.81. The van der Waals surface area contributed by atoms with E-state index >= 15 is 0 Å². The summed E-state index contributed by atoms with van der Waals surface area (Å²) in [6, 6.07) is 4.59. The van der Waals surface area contributed by atoms with E-state index in [0.29, 0.717) is 0 Å². The van der Waals surface area contributed by atoms with Gasteiger partial charge in [0.05, 0.1) is 4.47 Å². The third-order valence-corrected chi connectivity index (χ3v) is 2.76. The van der Waals surface area contributed by atoms with Crippen molar-refractivity contribution in [3.63, 3.8) is 0 Å². The average molecular weight is 264 g/mol. The SMILES string of the molecule is CC(CN)C(F)c1cccc(Br)c1F. The van der Waals surface area contributed by atoms with Crippen LogP contribution in [0.3, 0.4) is 0 Å². The lowest BCUT2D eigenvalue weighted by Crippen LogP contribution is -2.17. The Morgan fingerprint density at radius 3 is 2.71 bits per heavy atom. The number of hydrogen-bond donors (Lipinski definition) is 1. The fraction of sp³-hybridized carbons (Fsp3) is 0.400. The van der Waals surface area contributed by atoms with Crippen molar-refractivity contribution in [1.82, 2.24) is 0 Å². The molecular weight excluding hydrogens is 252 g/mol. The minimum absolute atomic E-state index is 0.0670. The van der Waals surface area contributed by atoms with E-state index in [9.17, 15) is 8.78 Å². The van der Waals surface area contributed by atoms with Gasteiger partial charge in [-0.1, -0.05) is 19.1 Å². The van der Waals surface area contributed by atoms with Crippen LogP contribution < -0.4 is 5.73 Å². The van der Waals surface area contributed by atoms with Gasteiger partial charge in [-0.2, -0.15) is 0 Å². The van der Waals surface area contributed by atoms with Gasteiger partial charge in [-0.15, -0.1) is 0 Å². The predicted octanol–water partition coefficient (Wildman–Crippen LogP) is 3.19. The van der Waals surface area contributed by atoms with Crippen molar-refractivity contribution in [3.05, 3.63) is 34.1 Å². The van der Waals surface area contributed by atoms with Crippen LogP contribution in [0.5, 0.6) is 0 Å². The summed E-state index contributed by atoms with van der Waals surface area (Å²) in [5.74, 6) is -0.918. The van der Waals surface area contributed by atoms with Gasteiger partial charge in [-0.3, -0.25) is 0 Å². The molecule has 0 fully saturated rings. The van der Waals surface area contributed by atoms with Gasteiger partial charge < -0.3 is 5.73 Å². The zero-order valence-corrected chi connectivity index (χ0v) is 9.39. The first kappa shape index (κ1) is 11.6. The maximum Gasteiger partial charge on any atom is 0.143 e. The standard InChI is InChI=1S/C10H12BrF2N/c1-6(5-14)9(12)7-3-2-4-8(11)10(7)13/h2-4,6,9H,5,14H2,1H3. The van der Waals surface area contributed by atoms with Gasteiger partial charge in [0.25, 0.3) is 0 Å². The summed E-state index contributed by atoms with van der Waals surface area (Å²) in [5.41, 5.74) is 5.39. The fourth-order valence-electron chi connectivity index (χ4n) is 1.16. The van der Waals surface area contributed by atoms with E-state index in [0.717, 1.165) is 0 Å². The summed E-state index contributed by atoms with van der Waals surface area (Å²) in [4.78, 5) is 0. The summed E-state index contributed by atoms with van der Waals surface area (Å²) in [6.07, 6.45) is -1.35. The van der Waals surface area contributed by atoms with Gasteiger partial charge in [0.1, 0.15) is 12.0 Å². The van der Waals surface area contributed by atoms with E-state index in [4.69, 9.17) is 5.73 Å². The molecule has 14 heavy (non-hydrogen) atoms. The van der Waals surface area contributed by atoms with Crippen LogP contribution >= 0.6 is 15.9 Å². The normalized spacial score (nSPS) is 15.2. The molecule has 0 saturated heterocycles. The molecule has 2 unspecified atom stereocenters.